The predicted octanol–water partition coefficient (Wildman–Crippen LogP) is 9.32. The maximum atomic E-state index is 7.76. The van der Waals surface area contributed by atoms with Crippen LogP contribution in [-0.2, 0) is 4.52 Å². The second-order valence-corrected chi connectivity index (χ2v) is 17.7. The molecule has 0 N–H and O–H groups in total. The minimum absolute atomic E-state index is 0.261. The molecule has 0 unspecified atom stereocenters. The summed E-state index contributed by atoms with van der Waals surface area (Å²) in [5.74, 6) is 0.354. The third-order valence-electron chi connectivity index (χ3n) is 7.43. The van der Waals surface area contributed by atoms with Crippen LogP contribution >= 0.6 is 21.0 Å². The Morgan fingerprint density at radius 2 is 0.762 bits per heavy atom. The summed E-state index contributed by atoms with van der Waals surface area (Å²) in [5, 5.41) is 3.17. The molecule has 0 bridgehead atoms. The Kier molecular flexibility index (Phi) is 8.15. The standard InChI is InChI=1S/C38H31BrNOP/c39-42(34-25-13-4-14-26-34,35-27-15-5-16-28-35,36-29-17-6-18-30-36)41-38(40-33-23-11-3-12-24-33)37(31-19-7-1-8-20-31)32-21-9-2-10-22-32/h1-30,37H. The summed E-state index contributed by atoms with van der Waals surface area (Å²) >= 11 is 4.47. The number of para-hydroxylation sites is 1. The van der Waals surface area contributed by atoms with E-state index in [2.05, 4.69) is 137 Å². The van der Waals surface area contributed by atoms with E-state index in [1.807, 2.05) is 60.7 Å². The number of rotatable bonds is 8. The number of nitrogens with zero attached hydrogens (tertiary/aromatic N) is 1. The molecule has 0 heterocycles. The van der Waals surface area contributed by atoms with Gasteiger partial charge in [0.05, 0.1) is 0 Å². The fourth-order valence-electron chi connectivity index (χ4n) is 5.40. The van der Waals surface area contributed by atoms with Gasteiger partial charge in [-0.3, -0.25) is 0 Å². The van der Waals surface area contributed by atoms with Crippen molar-refractivity contribution in [2.75, 3.05) is 0 Å². The molecule has 42 heavy (non-hydrogen) atoms. The zero-order chi connectivity index (χ0) is 28.7. The van der Waals surface area contributed by atoms with Gasteiger partial charge in [-0.2, -0.15) is 0 Å². The summed E-state index contributed by atoms with van der Waals surface area (Å²) in [7, 11) is 0. The molecule has 6 rings (SSSR count). The Morgan fingerprint density at radius 3 is 1.12 bits per heavy atom. The Labute approximate surface area is 256 Å². The SMILES string of the molecule is BrP(OC(=Nc1ccccc1)C(c1ccccc1)c1ccccc1)(c1ccccc1)(c1ccccc1)c1ccccc1. The van der Waals surface area contributed by atoms with E-state index in [0.29, 0.717) is 5.90 Å². The fraction of sp³-hybridized carbons (Fsp3) is 0.0263. The molecule has 0 aliphatic rings. The van der Waals surface area contributed by atoms with Crippen LogP contribution in [0.25, 0.3) is 0 Å². The van der Waals surface area contributed by atoms with Crippen molar-refractivity contribution in [3.63, 3.8) is 0 Å². The Hall–Kier alpha value is -4.30. The monoisotopic (exact) mass is 627 g/mol. The number of benzene rings is 6. The van der Waals surface area contributed by atoms with E-state index >= 15 is 0 Å². The summed E-state index contributed by atoms with van der Waals surface area (Å²) in [6.07, 6.45) is 0. The molecule has 0 aromatic heterocycles. The normalized spacial score (nSPS) is 12.8. The molecule has 0 aliphatic carbocycles. The molecular weight excluding hydrogens is 597 g/mol. The van der Waals surface area contributed by atoms with Crippen molar-refractivity contribution >= 4 is 48.5 Å². The van der Waals surface area contributed by atoms with E-state index in [1.165, 1.54) is 0 Å². The van der Waals surface area contributed by atoms with E-state index in [-0.39, 0.29) is 5.92 Å². The van der Waals surface area contributed by atoms with Crippen molar-refractivity contribution in [1.82, 2.24) is 0 Å². The first-order chi connectivity index (χ1) is 20.7. The van der Waals surface area contributed by atoms with Gasteiger partial charge in [0, 0.05) is 0 Å². The summed E-state index contributed by atoms with van der Waals surface area (Å²) < 4.78 is 7.76. The van der Waals surface area contributed by atoms with Crippen molar-refractivity contribution in [1.29, 1.82) is 0 Å². The number of hydrogen-bond donors (Lipinski definition) is 0. The minimum atomic E-state index is -3.82. The molecule has 4 heteroatoms. The molecule has 0 saturated carbocycles. The van der Waals surface area contributed by atoms with Gasteiger partial charge in [-0.25, -0.2) is 0 Å². The summed E-state index contributed by atoms with van der Waals surface area (Å²) in [6, 6.07) is 62.6. The van der Waals surface area contributed by atoms with Gasteiger partial charge in [0.15, 0.2) is 0 Å². The molecule has 2 nitrogen and oxygen atoms in total. The Bertz CT molecular complexity index is 1610. The first-order valence-electron chi connectivity index (χ1n) is 14.0. The molecule has 6 aromatic carbocycles. The second kappa shape index (κ2) is 12.3. The molecule has 0 amide bonds. The van der Waals surface area contributed by atoms with Crippen LogP contribution in [0.4, 0.5) is 5.69 Å². The van der Waals surface area contributed by atoms with Crippen LogP contribution < -0.4 is 15.9 Å². The third kappa shape index (κ3) is 5.34. The summed E-state index contributed by atoms with van der Waals surface area (Å²) in [6.45, 7) is 0. The molecule has 0 spiro atoms. The van der Waals surface area contributed by atoms with Gasteiger partial charge in [-0.05, 0) is 0 Å². The Balaban J connectivity index is 1.70. The van der Waals surface area contributed by atoms with Gasteiger partial charge >= 0.3 is 257 Å². The zero-order valence-corrected chi connectivity index (χ0v) is 25.6. The van der Waals surface area contributed by atoms with Crippen molar-refractivity contribution in [3.8, 4) is 0 Å². The predicted molar refractivity (Wildman–Crippen MR) is 183 cm³/mol. The fourth-order valence-corrected chi connectivity index (χ4v) is 11.8. The van der Waals surface area contributed by atoms with Gasteiger partial charge in [0.1, 0.15) is 0 Å². The summed E-state index contributed by atoms with van der Waals surface area (Å²) in [4.78, 5) is 5.32. The van der Waals surface area contributed by atoms with Crippen molar-refractivity contribution in [2.45, 2.75) is 5.92 Å². The quantitative estimate of drug-likeness (QED) is 0.0936. The molecule has 206 valence electrons. The molecule has 0 radical (unpaired) electrons. The maximum absolute atomic E-state index is 7.76. The van der Waals surface area contributed by atoms with Gasteiger partial charge in [-0.1, -0.05) is 0 Å². The Morgan fingerprint density at radius 1 is 0.452 bits per heavy atom. The first kappa shape index (κ1) is 27.8. The third-order valence-corrected chi connectivity index (χ3v) is 15.7. The number of halogens is 1. The molecular formula is C38H31BrNOP. The van der Waals surface area contributed by atoms with Gasteiger partial charge in [-0.15, -0.1) is 0 Å². The van der Waals surface area contributed by atoms with E-state index in [1.54, 1.807) is 0 Å². The zero-order valence-electron chi connectivity index (χ0n) is 23.1. The molecule has 6 aromatic rings. The average molecular weight is 629 g/mol. The van der Waals surface area contributed by atoms with Crippen LogP contribution in [0, 0.1) is 0 Å². The molecule has 0 atom stereocenters. The second-order valence-electron chi connectivity index (χ2n) is 10.1. The van der Waals surface area contributed by atoms with Crippen LogP contribution in [0.3, 0.4) is 0 Å². The van der Waals surface area contributed by atoms with Crippen LogP contribution in [0.5, 0.6) is 0 Å². The number of aliphatic imine (C=N–C) groups is 1. The van der Waals surface area contributed by atoms with Crippen LogP contribution in [-0.4, -0.2) is 5.90 Å². The van der Waals surface area contributed by atoms with E-state index in [9.17, 15) is 0 Å². The topological polar surface area (TPSA) is 21.6 Å². The van der Waals surface area contributed by atoms with Gasteiger partial charge in [0.25, 0.3) is 0 Å². The van der Waals surface area contributed by atoms with Crippen molar-refractivity contribution < 1.29 is 4.52 Å². The molecule has 0 fully saturated rings. The number of hydrogen-bond acceptors (Lipinski definition) is 2. The first-order valence-corrected chi connectivity index (χ1v) is 18.2. The van der Waals surface area contributed by atoms with Crippen molar-refractivity contribution in [3.05, 3.63) is 193 Å². The van der Waals surface area contributed by atoms with Crippen molar-refractivity contribution in [2.24, 2.45) is 4.99 Å². The summed E-state index contributed by atoms with van der Waals surface area (Å²) in [5.41, 5.74) is -0.786. The van der Waals surface area contributed by atoms with Crippen LogP contribution in [0.2, 0.25) is 0 Å². The van der Waals surface area contributed by atoms with Crippen LogP contribution in [0.1, 0.15) is 17.0 Å². The van der Waals surface area contributed by atoms with E-state index < -0.39 is 5.53 Å². The van der Waals surface area contributed by atoms with Gasteiger partial charge in [0.2, 0.25) is 0 Å². The van der Waals surface area contributed by atoms with Gasteiger partial charge < -0.3 is 0 Å². The molecule has 0 aliphatic heterocycles. The van der Waals surface area contributed by atoms with E-state index in [4.69, 9.17) is 9.52 Å². The molecule has 0 saturated heterocycles. The average Bonchev–Trinajstić information content (AvgIpc) is 3.07. The van der Waals surface area contributed by atoms with E-state index in [0.717, 1.165) is 32.7 Å². The van der Waals surface area contributed by atoms with Crippen LogP contribution in [0.15, 0.2) is 187 Å².